The van der Waals surface area contributed by atoms with Crippen molar-refractivity contribution in [2.45, 2.75) is 24.0 Å². The molecule has 5 nitrogen and oxygen atoms in total. The van der Waals surface area contributed by atoms with Crippen LogP contribution >= 0.6 is 22.9 Å². The van der Waals surface area contributed by atoms with E-state index in [1.54, 1.807) is 0 Å². The summed E-state index contributed by atoms with van der Waals surface area (Å²) in [6.45, 7) is 1.74. The minimum atomic E-state index is -3.67. The maximum Gasteiger partial charge on any atom is 0.307 e. The number of halogens is 1. The van der Waals surface area contributed by atoms with Gasteiger partial charge in [-0.25, -0.2) is 13.1 Å². The first kappa shape index (κ1) is 15.4. The lowest BCUT2D eigenvalue weighted by Crippen LogP contribution is -2.32. The molecule has 8 heteroatoms. The predicted molar refractivity (Wildman–Crippen MR) is 70.6 cm³/mol. The van der Waals surface area contributed by atoms with E-state index < -0.39 is 21.9 Å². The molecule has 102 valence electrons. The van der Waals surface area contributed by atoms with E-state index in [2.05, 4.69) is 4.72 Å². The molecule has 1 unspecified atom stereocenters. The van der Waals surface area contributed by atoms with Gasteiger partial charge in [-0.3, -0.25) is 4.79 Å². The van der Waals surface area contributed by atoms with Crippen LogP contribution in [0.4, 0.5) is 0 Å². The van der Waals surface area contributed by atoms with Gasteiger partial charge in [-0.05, 0) is 18.6 Å². The number of carbonyl (C=O) groups is 1. The predicted octanol–water partition coefficient (Wildman–Crippen LogP) is 2.18. The van der Waals surface area contributed by atoms with Crippen LogP contribution in [0.1, 0.15) is 19.8 Å². The van der Waals surface area contributed by atoms with Gasteiger partial charge in [-0.2, -0.15) is 0 Å². The Morgan fingerprint density at radius 3 is 2.67 bits per heavy atom. The number of rotatable bonds is 7. The number of thiophene rings is 1. The van der Waals surface area contributed by atoms with Crippen molar-refractivity contribution in [3.05, 3.63) is 16.5 Å². The third-order valence-electron chi connectivity index (χ3n) is 2.32. The zero-order chi connectivity index (χ0) is 13.8. The zero-order valence-corrected chi connectivity index (χ0v) is 12.1. The van der Waals surface area contributed by atoms with Gasteiger partial charge in [0.1, 0.15) is 4.21 Å². The fraction of sp³-hybridized carbons (Fsp3) is 0.500. The lowest BCUT2D eigenvalue weighted by atomic mass is 10.1. The Hall–Kier alpha value is -0.630. The summed E-state index contributed by atoms with van der Waals surface area (Å²) in [7, 11) is -3.67. The van der Waals surface area contributed by atoms with E-state index in [-0.39, 0.29) is 10.8 Å². The molecule has 0 aliphatic rings. The molecule has 0 radical (unpaired) electrons. The van der Waals surface area contributed by atoms with Crippen LogP contribution in [0.2, 0.25) is 4.34 Å². The average molecular weight is 312 g/mol. The van der Waals surface area contributed by atoms with E-state index in [0.717, 1.165) is 11.3 Å². The molecule has 1 aromatic heterocycles. The summed E-state index contributed by atoms with van der Waals surface area (Å²) in [5, 5.41) is 8.92. The van der Waals surface area contributed by atoms with Crippen LogP contribution in [0.3, 0.4) is 0 Å². The van der Waals surface area contributed by atoms with E-state index in [0.29, 0.717) is 17.2 Å². The third kappa shape index (κ3) is 4.24. The van der Waals surface area contributed by atoms with Gasteiger partial charge in [-0.1, -0.05) is 24.9 Å². The van der Waals surface area contributed by atoms with Crippen LogP contribution < -0.4 is 4.72 Å². The smallest absolute Gasteiger partial charge is 0.307 e. The Morgan fingerprint density at radius 2 is 2.22 bits per heavy atom. The molecule has 0 amide bonds. The fourth-order valence-electron chi connectivity index (χ4n) is 1.38. The molecule has 1 atom stereocenters. The molecule has 1 aromatic rings. The summed E-state index contributed by atoms with van der Waals surface area (Å²) in [5.41, 5.74) is 0. The Morgan fingerprint density at radius 1 is 1.56 bits per heavy atom. The summed E-state index contributed by atoms with van der Waals surface area (Å²) in [6, 6.07) is 2.88. The highest BCUT2D eigenvalue weighted by Crippen LogP contribution is 2.25. The number of aliphatic carboxylic acids is 1. The summed E-state index contributed by atoms with van der Waals surface area (Å²) >= 11 is 6.60. The van der Waals surface area contributed by atoms with Crippen LogP contribution in [-0.2, 0) is 14.8 Å². The highest BCUT2D eigenvalue weighted by Gasteiger charge is 2.22. The van der Waals surface area contributed by atoms with Crippen molar-refractivity contribution >= 4 is 38.9 Å². The van der Waals surface area contributed by atoms with Crippen molar-refractivity contribution < 1.29 is 18.3 Å². The molecule has 0 bridgehead atoms. The molecular weight excluding hydrogens is 298 g/mol. The van der Waals surface area contributed by atoms with Gasteiger partial charge in [0.2, 0.25) is 10.0 Å². The standard InChI is InChI=1S/C10H14ClNO4S2/c1-2-3-7(10(13)14)6-12-18(15,16)9-5-4-8(11)17-9/h4-5,7,12H,2-3,6H2,1H3,(H,13,14). The van der Waals surface area contributed by atoms with Crippen LogP contribution in [0.25, 0.3) is 0 Å². The average Bonchev–Trinajstić information content (AvgIpc) is 2.71. The number of hydrogen-bond acceptors (Lipinski definition) is 4. The molecular formula is C10H14ClNO4S2. The van der Waals surface area contributed by atoms with Gasteiger partial charge in [0.15, 0.2) is 0 Å². The molecule has 0 fully saturated rings. The Kier molecular flexibility index (Phi) is 5.58. The van der Waals surface area contributed by atoms with Crippen molar-refractivity contribution in [2.24, 2.45) is 5.92 Å². The van der Waals surface area contributed by atoms with E-state index in [1.165, 1.54) is 12.1 Å². The normalized spacial score (nSPS) is 13.4. The van der Waals surface area contributed by atoms with Crippen molar-refractivity contribution in [1.82, 2.24) is 4.72 Å². The van der Waals surface area contributed by atoms with Crippen LogP contribution in [0, 0.1) is 5.92 Å². The molecule has 0 saturated heterocycles. The highest BCUT2D eigenvalue weighted by atomic mass is 35.5. The second kappa shape index (κ2) is 6.51. The van der Waals surface area contributed by atoms with Crippen molar-refractivity contribution in [3.63, 3.8) is 0 Å². The van der Waals surface area contributed by atoms with Gasteiger partial charge in [0.25, 0.3) is 0 Å². The number of carboxylic acids is 1. The minimum Gasteiger partial charge on any atom is -0.481 e. The molecule has 2 N–H and O–H groups in total. The van der Waals surface area contributed by atoms with Crippen LogP contribution in [-0.4, -0.2) is 26.0 Å². The lowest BCUT2D eigenvalue weighted by Gasteiger charge is -2.11. The molecule has 1 rings (SSSR count). The summed E-state index contributed by atoms with van der Waals surface area (Å²) in [5.74, 6) is -1.70. The Labute approximate surface area is 115 Å². The Balaban J connectivity index is 2.69. The SMILES string of the molecule is CCCC(CNS(=O)(=O)c1ccc(Cl)s1)C(=O)O. The van der Waals surface area contributed by atoms with Gasteiger partial charge >= 0.3 is 5.97 Å². The maximum absolute atomic E-state index is 11.8. The summed E-state index contributed by atoms with van der Waals surface area (Å²) < 4.78 is 26.4. The van der Waals surface area contributed by atoms with Gasteiger partial charge in [0.05, 0.1) is 10.3 Å². The second-order valence-corrected chi connectivity index (χ2v) is 7.44. The monoisotopic (exact) mass is 311 g/mol. The highest BCUT2D eigenvalue weighted by molar-refractivity contribution is 7.91. The number of hydrogen-bond donors (Lipinski definition) is 2. The number of sulfonamides is 1. The zero-order valence-electron chi connectivity index (χ0n) is 9.72. The quantitative estimate of drug-likeness (QED) is 0.808. The molecule has 0 aliphatic heterocycles. The number of nitrogens with one attached hydrogen (secondary N) is 1. The topological polar surface area (TPSA) is 83.5 Å². The van der Waals surface area contributed by atoms with Gasteiger partial charge < -0.3 is 5.11 Å². The lowest BCUT2D eigenvalue weighted by molar-refractivity contribution is -0.141. The molecule has 0 saturated carbocycles. The van der Waals surface area contributed by atoms with E-state index in [9.17, 15) is 13.2 Å². The first-order valence-corrected chi connectivity index (χ1v) is 8.02. The summed E-state index contributed by atoms with van der Waals surface area (Å²) in [4.78, 5) is 10.9. The van der Waals surface area contributed by atoms with Crippen molar-refractivity contribution in [2.75, 3.05) is 6.54 Å². The maximum atomic E-state index is 11.8. The molecule has 0 aliphatic carbocycles. The minimum absolute atomic E-state index is 0.0909. The van der Waals surface area contributed by atoms with Crippen LogP contribution in [0.15, 0.2) is 16.3 Å². The van der Waals surface area contributed by atoms with E-state index >= 15 is 0 Å². The van der Waals surface area contributed by atoms with Crippen LogP contribution in [0.5, 0.6) is 0 Å². The first-order valence-electron chi connectivity index (χ1n) is 5.34. The van der Waals surface area contributed by atoms with Crippen molar-refractivity contribution in [1.29, 1.82) is 0 Å². The molecule has 18 heavy (non-hydrogen) atoms. The molecule has 1 heterocycles. The van der Waals surface area contributed by atoms with Gasteiger partial charge in [-0.15, -0.1) is 11.3 Å². The van der Waals surface area contributed by atoms with Gasteiger partial charge in [0, 0.05) is 6.54 Å². The summed E-state index contributed by atoms with van der Waals surface area (Å²) in [6.07, 6.45) is 1.12. The van der Waals surface area contributed by atoms with E-state index in [1.807, 2.05) is 6.92 Å². The molecule has 0 aromatic carbocycles. The van der Waals surface area contributed by atoms with Crippen molar-refractivity contribution in [3.8, 4) is 0 Å². The second-order valence-electron chi connectivity index (χ2n) is 3.73. The largest absolute Gasteiger partial charge is 0.481 e. The van der Waals surface area contributed by atoms with E-state index in [4.69, 9.17) is 16.7 Å². The Bertz CT molecular complexity index is 512. The number of carboxylic acid groups (broad SMARTS) is 1. The third-order valence-corrected chi connectivity index (χ3v) is 5.47. The fourth-order valence-corrected chi connectivity index (χ4v) is 3.99. The first-order chi connectivity index (χ1) is 8.36. The molecule has 0 spiro atoms.